The number of benzene rings is 1. The topological polar surface area (TPSA) is 60.5 Å². The molecule has 1 N–H and O–H groups in total. The van der Waals surface area contributed by atoms with E-state index in [1.54, 1.807) is 26.6 Å². The highest BCUT2D eigenvalue weighted by Gasteiger charge is 2.08. The molecule has 2 aromatic rings. The van der Waals surface area contributed by atoms with Gasteiger partial charge in [0.25, 0.3) is 0 Å². The first-order valence-electron chi connectivity index (χ1n) is 7.09. The molecule has 0 aliphatic carbocycles. The van der Waals surface area contributed by atoms with E-state index in [1.807, 2.05) is 30.3 Å². The quantitative estimate of drug-likeness (QED) is 0.852. The molecular weight excluding hydrogens is 280 g/mol. The number of hydrogen-bond donors (Lipinski definition) is 1. The van der Waals surface area contributed by atoms with E-state index >= 15 is 0 Å². The second kappa shape index (κ2) is 8.02. The molecule has 22 heavy (non-hydrogen) atoms. The molecule has 0 fully saturated rings. The SMILES string of the molecule is COc1ccc(OC)c(CCC(=O)NCc2cccnc2)c1. The van der Waals surface area contributed by atoms with Crippen LogP contribution < -0.4 is 14.8 Å². The number of aromatic nitrogens is 1. The number of nitrogens with one attached hydrogen (secondary N) is 1. The minimum absolute atomic E-state index is 0.00581. The predicted octanol–water partition coefficient (Wildman–Crippen LogP) is 2.35. The molecule has 0 spiro atoms. The maximum absolute atomic E-state index is 11.9. The zero-order valence-corrected chi connectivity index (χ0v) is 12.8. The van der Waals surface area contributed by atoms with Crippen LogP contribution in [-0.2, 0) is 17.8 Å². The molecule has 2 rings (SSSR count). The highest BCUT2D eigenvalue weighted by Crippen LogP contribution is 2.25. The Bertz CT molecular complexity index is 615. The summed E-state index contributed by atoms with van der Waals surface area (Å²) in [5.41, 5.74) is 1.94. The van der Waals surface area contributed by atoms with Gasteiger partial charge in [-0.2, -0.15) is 0 Å². The summed E-state index contributed by atoms with van der Waals surface area (Å²) < 4.78 is 10.5. The Morgan fingerprint density at radius 2 is 2.09 bits per heavy atom. The fraction of sp³-hybridized carbons (Fsp3) is 0.294. The average molecular weight is 300 g/mol. The highest BCUT2D eigenvalue weighted by atomic mass is 16.5. The van der Waals surface area contributed by atoms with Crippen LogP contribution in [-0.4, -0.2) is 25.1 Å². The fourth-order valence-electron chi connectivity index (χ4n) is 2.12. The van der Waals surface area contributed by atoms with Crippen LogP contribution in [0.3, 0.4) is 0 Å². The van der Waals surface area contributed by atoms with Crippen LogP contribution in [0.5, 0.6) is 11.5 Å². The molecule has 0 atom stereocenters. The predicted molar refractivity (Wildman–Crippen MR) is 84.0 cm³/mol. The Kier molecular flexibility index (Phi) is 5.77. The summed E-state index contributed by atoms with van der Waals surface area (Å²) in [6.45, 7) is 0.488. The molecule has 0 unspecified atom stereocenters. The number of aryl methyl sites for hydroxylation is 1. The Morgan fingerprint density at radius 1 is 1.23 bits per heavy atom. The Morgan fingerprint density at radius 3 is 2.77 bits per heavy atom. The lowest BCUT2D eigenvalue weighted by atomic mass is 10.1. The van der Waals surface area contributed by atoms with Crippen LogP contribution >= 0.6 is 0 Å². The molecule has 5 nitrogen and oxygen atoms in total. The van der Waals surface area contributed by atoms with Crippen molar-refractivity contribution in [2.75, 3.05) is 14.2 Å². The molecule has 1 aromatic heterocycles. The first-order valence-corrected chi connectivity index (χ1v) is 7.09. The van der Waals surface area contributed by atoms with Gasteiger partial charge in [0.2, 0.25) is 5.91 Å². The zero-order chi connectivity index (χ0) is 15.8. The van der Waals surface area contributed by atoms with Gasteiger partial charge in [-0.1, -0.05) is 6.07 Å². The number of rotatable bonds is 7. The number of hydrogen-bond acceptors (Lipinski definition) is 4. The number of methoxy groups -OCH3 is 2. The van der Waals surface area contributed by atoms with Crippen LogP contribution in [0.1, 0.15) is 17.5 Å². The maximum Gasteiger partial charge on any atom is 0.220 e. The molecule has 0 aliphatic rings. The molecule has 1 aromatic carbocycles. The number of carbonyl (C=O) groups excluding carboxylic acids is 1. The summed E-state index contributed by atoms with van der Waals surface area (Å²) in [4.78, 5) is 16.0. The van der Waals surface area contributed by atoms with Gasteiger partial charge in [0, 0.05) is 25.4 Å². The van der Waals surface area contributed by atoms with E-state index in [1.165, 1.54) is 0 Å². The molecule has 0 saturated heterocycles. The van der Waals surface area contributed by atoms with Crippen LogP contribution in [0.4, 0.5) is 0 Å². The molecule has 1 heterocycles. The average Bonchev–Trinajstić information content (AvgIpc) is 2.58. The van der Waals surface area contributed by atoms with Gasteiger partial charge >= 0.3 is 0 Å². The molecule has 0 saturated carbocycles. The van der Waals surface area contributed by atoms with Gasteiger partial charge in [0.05, 0.1) is 14.2 Å². The van der Waals surface area contributed by atoms with E-state index in [4.69, 9.17) is 9.47 Å². The van der Waals surface area contributed by atoms with Crippen molar-refractivity contribution in [1.82, 2.24) is 10.3 Å². The first kappa shape index (κ1) is 15.8. The number of carbonyl (C=O) groups is 1. The molecular formula is C17H20N2O3. The summed E-state index contributed by atoms with van der Waals surface area (Å²) in [5, 5.41) is 2.88. The standard InChI is InChI=1S/C17H20N2O3/c1-21-15-6-7-16(22-2)14(10-15)5-8-17(20)19-12-13-4-3-9-18-11-13/h3-4,6-7,9-11H,5,8,12H2,1-2H3,(H,19,20). The largest absolute Gasteiger partial charge is 0.497 e. The van der Waals surface area contributed by atoms with Gasteiger partial charge in [-0.25, -0.2) is 0 Å². The van der Waals surface area contributed by atoms with Crippen molar-refractivity contribution in [1.29, 1.82) is 0 Å². The van der Waals surface area contributed by atoms with E-state index in [2.05, 4.69) is 10.3 Å². The van der Waals surface area contributed by atoms with Crippen molar-refractivity contribution in [3.63, 3.8) is 0 Å². The van der Waals surface area contributed by atoms with Crippen molar-refractivity contribution in [2.24, 2.45) is 0 Å². The Labute approximate surface area is 130 Å². The van der Waals surface area contributed by atoms with Crippen molar-refractivity contribution >= 4 is 5.91 Å². The molecule has 0 radical (unpaired) electrons. The van der Waals surface area contributed by atoms with Crippen molar-refractivity contribution in [2.45, 2.75) is 19.4 Å². The Balaban J connectivity index is 1.88. The van der Waals surface area contributed by atoms with Gasteiger partial charge in [-0.05, 0) is 41.8 Å². The van der Waals surface area contributed by atoms with Gasteiger partial charge in [0.1, 0.15) is 11.5 Å². The maximum atomic E-state index is 11.9. The summed E-state index contributed by atoms with van der Waals surface area (Å²) in [7, 11) is 3.24. The monoisotopic (exact) mass is 300 g/mol. The second-order valence-corrected chi connectivity index (χ2v) is 4.82. The number of nitrogens with zero attached hydrogens (tertiary/aromatic N) is 1. The van der Waals surface area contributed by atoms with E-state index < -0.39 is 0 Å². The third-order valence-corrected chi connectivity index (χ3v) is 3.32. The van der Waals surface area contributed by atoms with Gasteiger partial charge in [-0.3, -0.25) is 9.78 Å². The second-order valence-electron chi connectivity index (χ2n) is 4.82. The number of amides is 1. The summed E-state index contributed by atoms with van der Waals surface area (Å²) in [6, 6.07) is 9.36. The summed E-state index contributed by atoms with van der Waals surface area (Å²) >= 11 is 0. The lowest BCUT2D eigenvalue weighted by Gasteiger charge is -2.10. The van der Waals surface area contributed by atoms with Gasteiger partial charge in [0.15, 0.2) is 0 Å². The fourth-order valence-corrected chi connectivity index (χ4v) is 2.12. The van der Waals surface area contributed by atoms with Crippen molar-refractivity contribution in [3.05, 3.63) is 53.9 Å². The van der Waals surface area contributed by atoms with Crippen LogP contribution in [0.25, 0.3) is 0 Å². The van der Waals surface area contributed by atoms with Crippen molar-refractivity contribution in [3.8, 4) is 11.5 Å². The number of ether oxygens (including phenoxy) is 2. The lowest BCUT2D eigenvalue weighted by Crippen LogP contribution is -2.23. The third-order valence-electron chi connectivity index (χ3n) is 3.32. The molecule has 116 valence electrons. The number of pyridine rings is 1. The summed E-state index contributed by atoms with van der Waals surface area (Å²) in [6.07, 6.45) is 4.44. The minimum atomic E-state index is -0.00581. The van der Waals surface area contributed by atoms with Crippen molar-refractivity contribution < 1.29 is 14.3 Å². The van der Waals surface area contributed by atoms with Crippen LogP contribution in [0, 0.1) is 0 Å². The first-order chi connectivity index (χ1) is 10.7. The minimum Gasteiger partial charge on any atom is -0.497 e. The molecule has 0 bridgehead atoms. The summed E-state index contributed by atoms with van der Waals surface area (Å²) in [5.74, 6) is 1.51. The molecule has 0 aliphatic heterocycles. The van der Waals surface area contributed by atoms with E-state index in [-0.39, 0.29) is 5.91 Å². The van der Waals surface area contributed by atoms with E-state index in [0.717, 1.165) is 22.6 Å². The van der Waals surface area contributed by atoms with E-state index in [9.17, 15) is 4.79 Å². The van der Waals surface area contributed by atoms with E-state index in [0.29, 0.717) is 19.4 Å². The van der Waals surface area contributed by atoms with Gasteiger partial charge < -0.3 is 14.8 Å². The molecule has 1 amide bonds. The normalized spacial score (nSPS) is 10.1. The van der Waals surface area contributed by atoms with Gasteiger partial charge in [-0.15, -0.1) is 0 Å². The smallest absolute Gasteiger partial charge is 0.220 e. The van der Waals surface area contributed by atoms with Crippen LogP contribution in [0.15, 0.2) is 42.7 Å². The Hall–Kier alpha value is -2.56. The lowest BCUT2D eigenvalue weighted by molar-refractivity contribution is -0.121. The highest BCUT2D eigenvalue weighted by molar-refractivity contribution is 5.76. The third kappa shape index (κ3) is 4.48. The van der Waals surface area contributed by atoms with Crippen LogP contribution in [0.2, 0.25) is 0 Å². The molecule has 5 heteroatoms. The zero-order valence-electron chi connectivity index (χ0n) is 12.8.